The van der Waals surface area contributed by atoms with Crippen molar-refractivity contribution in [3.05, 3.63) is 35.5 Å². The third-order valence-electron chi connectivity index (χ3n) is 3.12. The monoisotopic (exact) mass is 260 g/mol. The van der Waals surface area contributed by atoms with Crippen molar-refractivity contribution in [1.29, 1.82) is 0 Å². The van der Waals surface area contributed by atoms with Crippen LogP contribution in [0, 0.1) is 0 Å². The molecule has 0 bridgehead atoms. The second kappa shape index (κ2) is 5.89. The third-order valence-corrected chi connectivity index (χ3v) is 3.12. The van der Waals surface area contributed by atoms with Crippen LogP contribution in [0.1, 0.15) is 31.0 Å². The van der Waals surface area contributed by atoms with E-state index in [9.17, 15) is 0 Å². The molecule has 0 radical (unpaired) electrons. The lowest BCUT2D eigenvalue weighted by molar-refractivity contribution is 0.403. The number of nitrogens with two attached hydrogens (primary N) is 1. The number of nitrogens with zero attached hydrogens (tertiary/aromatic N) is 1. The predicted octanol–water partition coefficient (Wildman–Crippen LogP) is 2.97. The number of ether oxygens (including phenoxy) is 1. The molecule has 4 nitrogen and oxygen atoms in total. The molecule has 1 aromatic carbocycles. The van der Waals surface area contributed by atoms with Gasteiger partial charge < -0.3 is 15.0 Å². The molecule has 2 aromatic rings. The highest BCUT2D eigenvalue weighted by Gasteiger charge is 2.13. The Kier molecular flexibility index (Phi) is 4.22. The van der Waals surface area contributed by atoms with Crippen LogP contribution in [0.2, 0.25) is 0 Å². The Hall–Kier alpha value is -1.81. The van der Waals surface area contributed by atoms with Gasteiger partial charge in [-0.3, -0.25) is 0 Å². The first kappa shape index (κ1) is 13.6. The zero-order chi connectivity index (χ0) is 13.8. The molecular formula is C15H20N2O2. The van der Waals surface area contributed by atoms with Crippen LogP contribution in [0.15, 0.2) is 28.8 Å². The molecule has 102 valence electrons. The molecule has 0 fully saturated rings. The van der Waals surface area contributed by atoms with Crippen LogP contribution in [0.25, 0.3) is 11.3 Å². The van der Waals surface area contributed by atoms with E-state index in [0.29, 0.717) is 12.5 Å². The minimum absolute atomic E-state index is 0.455. The summed E-state index contributed by atoms with van der Waals surface area (Å²) in [5.41, 5.74) is 8.57. The van der Waals surface area contributed by atoms with Crippen LogP contribution in [0.5, 0.6) is 5.75 Å². The second-order valence-corrected chi connectivity index (χ2v) is 4.84. The van der Waals surface area contributed by atoms with Gasteiger partial charge in [0.25, 0.3) is 0 Å². The molecule has 0 atom stereocenters. The quantitative estimate of drug-likeness (QED) is 0.897. The molecule has 0 aliphatic heterocycles. The molecule has 0 aliphatic carbocycles. The zero-order valence-electron chi connectivity index (χ0n) is 11.6. The standard InChI is InChI=1S/C15H20N2O2/c1-10(2)11-4-5-14(18-3)13(8-11)15-9-12(6-7-16)17-19-15/h4-5,8-10H,6-7,16H2,1-3H3. The van der Waals surface area contributed by atoms with E-state index in [1.165, 1.54) is 5.56 Å². The molecule has 0 spiro atoms. The van der Waals surface area contributed by atoms with E-state index in [0.717, 1.165) is 29.2 Å². The van der Waals surface area contributed by atoms with Gasteiger partial charge in [0.15, 0.2) is 5.76 Å². The average Bonchev–Trinajstić information content (AvgIpc) is 2.87. The fourth-order valence-corrected chi connectivity index (χ4v) is 1.98. The molecule has 0 amide bonds. The molecular weight excluding hydrogens is 240 g/mol. The summed E-state index contributed by atoms with van der Waals surface area (Å²) in [5.74, 6) is 1.97. The Balaban J connectivity index is 2.42. The summed E-state index contributed by atoms with van der Waals surface area (Å²) in [6.07, 6.45) is 0.718. The normalized spacial score (nSPS) is 11.0. The summed E-state index contributed by atoms with van der Waals surface area (Å²) in [5, 5.41) is 4.02. The number of hydrogen-bond acceptors (Lipinski definition) is 4. The van der Waals surface area contributed by atoms with E-state index in [1.54, 1.807) is 7.11 Å². The largest absolute Gasteiger partial charge is 0.496 e. The van der Waals surface area contributed by atoms with Gasteiger partial charge in [-0.2, -0.15) is 0 Å². The number of benzene rings is 1. The van der Waals surface area contributed by atoms with Crippen molar-refractivity contribution in [1.82, 2.24) is 5.16 Å². The SMILES string of the molecule is COc1ccc(C(C)C)cc1-c1cc(CCN)no1. The van der Waals surface area contributed by atoms with Crippen molar-refractivity contribution in [2.45, 2.75) is 26.2 Å². The van der Waals surface area contributed by atoms with Gasteiger partial charge in [0, 0.05) is 12.5 Å². The van der Waals surface area contributed by atoms with Gasteiger partial charge in [0.05, 0.1) is 18.4 Å². The van der Waals surface area contributed by atoms with Crippen molar-refractivity contribution in [2.24, 2.45) is 5.73 Å². The Labute approximate surface area is 113 Å². The third kappa shape index (κ3) is 2.96. The minimum atomic E-state index is 0.455. The second-order valence-electron chi connectivity index (χ2n) is 4.84. The van der Waals surface area contributed by atoms with Gasteiger partial charge in [-0.15, -0.1) is 0 Å². The van der Waals surface area contributed by atoms with E-state index < -0.39 is 0 Å². The highest BCUT2D eigenvalue weighted by Crippen LogP contribution is 2.33. The maximum absolute atomic E-state index is 5.52. The Morgan fingerprint density at radius 1 is 1.32 bits per heavy atom. The van der Waals surface area contributed by atoms with Crippen molar-refractivity contribution in [3.8, 4) is 17.1 Å². The van der Waals surface area contributed by atoms with Crippen LogP contribution < -0.4 is 10.5 Å². The van der Waals surface area contributed by atoms with E-state index in [2.05, 4.69) is 31.1 Å². The van der Waals surface area contributed by atoms with Crippen LogP contribution in [0.4, 0.5) is 0 Å². The maximum Gasteiger partial charge on any atom is 0.170 e. The number of aromatic nitrogens is 1. The van der Waals surface area contributed by atoms with Crippen LogP contribution in [-0.4, -0.2) is 18.8 Å². The van der Waals surface area contributed by atoms with Crippen molar-refractivity contribution in [2.75, 3.05) is 13.7 Å². The number of hydrogen-bond donors (Lipinski definition) is 1. The van der Waals surface area contributed by atoms with E-state index in [1.807, 2.05) is 12.1 Å². The summed E-state index contributed by atoms with van der Waals surface area (Å²) < 4.78 is 10.8. The summed E-state index contributed by atoms with van der Waals surface area (Å²) >= 11 is 0. The molecule has 1 aromatic heterocycles. The minimum Gasteiger partial charge on any atom is -0.496 e. The zero-order valence-corrected chi connectivity index (χ0v) is 11.6. The highest BCUT2D eigenvalue weighted by molar-refractivity contribution is 5.67. The van der Waals surface area contributed by atoms with Crippen molar-refractivity contribution >= 4 is 0 Å². The smallest absolute Gasteiger partial charge is 0.170 e. The van der Waals surface area contributed by atoms with Gasteiger partial charge in [0.2, 0.25) is 0 Å². The molecule has 0 saturated carbocycles. The molecule has 0 unspecified atom stereocenters. The average molecular weight is 260 g/mol. The first-order valence-corrected chi connectivity index (χ1v) is 6.49. The van der Waals surface area contributed by atoms with Crippen molar-refractivity contribution in [3.63, 3.8) is 0 Å². The van der Waals surface area contributed by atoms with Gasteiger partial charge >= 0.3 is 0 Å². The van der Waals surface area contributed by atoms with Crippen LogP contribution >= 0.6 is 0 Å². The van der Waals surface area contributed by atoms with Crippen LogP contribution in [0.3, 0.4) is 0 Å². The number of rotatable bonds is 5. The van der Waals surface area contributed by atoms with Crippen LogP contribution in [-0.2, 0) is 6.42 Å². The maximum atomic E-state index is 5.52. The van der Waals surface area contributed by atoms with Crippen molar-refractivity contribution < 1.29 is 9.26 Å². The lowest BCUT2D eigenvalue weighted by Gasteiger charge is -2.10. The van der Waals surface area contributed by atoms with Gasteiger partial charge in [0.1, 0.15) is 5.75 Å². The number of methoxy groups -OCH3 is 1. The molecule has 0 saturated heterocycles. The van der Waals surface area contributed by atoms with Gasteiger partial charge in [-0.25, -0.2) is 0 Å². The molecule has 2 rings (SSSR count). The fourth-order valence-electron chi connectivity index (χ4n) is 1.98. The lowest BCUT2D eigenvalue weighted by atomic mass is 9.99. The Bertz CT molecular complexity index is 547. The Morgan fingerprint density at radius 2 is 2.11 bits per heavy atom. The summed E-state index contributed by atoms with van der Waals surface area (Å²) in [6, 6.07) is 8.06. The predicted molar refractivity (Wildman–Crippen MR) is 75.3 cm³/mol. The van der Waals surface area contributed by atoms with E-state index in [4.69, 9.17) is 15.0 Å². The summed E-state index contributed by atoms with van der Waals surface area (Å²) in [6.45, 7) is 4.88. The lowest BCUT2D eigenvalue weighted by Crippen LogP contribution is -2.02. The summed E-state index contributed by atoms with van der Waals surface area (Å²) in [4.78, 5) is 0. The first-order chi connectivity index (χ1) is 9.15. The highest BCUT2D eigenvalue weighted by atomic mass is 16.5. The summed E-state index contributed by atoms with van der Waals surface area (Å²) in [7, 11) is 1.66. The Morgan fingerprint density at radius 3 is 2.74 bits per heavy atom. The topological polar surface area (TPSA) is 61.3 Å². The van der Waals surface area contributed by atoms with E-state index >= 15 is 0 Å². The molecule has 1 heterocycles. The van der Waals surface area contributed by atoms with E-state index in [-0.39, 0.29) is 0 Å². The molecule has 2 N–H and O–H groups in total. The molecule has 19 heavy (non-hydrogen) atoms. The molecule has 0 aliphatic rings. The first-order valence-electron chi connectivity index (χ1n) is 6.49. The fraction of sp³-hybridized carbons (Fsp3) is 0.400. The van der Waals surface area contributed by atoms with Gasteiger partial charge in [-0.1, -0.05) is 25.1 Å². The molecule has 4 heteroatoms. The van der Waals surface area contributed by atoms with Gasteiger partial charge in [-0.05, 0) is 30.2 Å².